The van der Waals surface area contributed by atoms with Crippen molar-refractivity contribution in [2.45, 2.75) is 11.8 Å². The van der Waals surface area contributed by atoms with Crippen molar-refractivity contribution in [2.75, 3.05) is 13.7 Å². The maximum atomic E-state index is 12.5. The number of rotatable bonds is 4. The molecule has 0 bridgehead atoms. The Balaban J connectivity index is 1.98. The Bertz CT molecular complexity index is 799. The number of carbonyl (C=O) groups is 1. The number of ether oxygens (including phenoxy) is 2. The third-order valence-electron chi connectivity index (χ3n) is 3.41. The lowest BCUT2D eigenvalue weighted by Gasteiger charge is -2.12. The standard InChI is InChI=1S/C18H15IO3S/c1-3-22-18-13(19)8-11(9-14(18)21-2)10-16-17(20)12-6-4-5-7-15(12)23-16/h4-10H,3H2,1-2H3/b16-10+. The highest BCUT2D eigenvalue weighted by Gasteiger charge is 2.25. The molecule has 2 aromatic rings. The Kier molecular flexibility index (Phi) is 4.96. The van der Waals surface area contributed by atoms with Crippen LogP contribution in [-0.2, 0) is 0 Å². The fraction of sp³-hybridized carbons (Fsp3) is 0.167. The van der Waals surface area contributed by atoms with Crippen LogP contribution in [0, 0.1) is 3.57 Å². The minimum absolute atomic E-state index is 0.0773. The number of carbonyl (C=O) groups excluding carboxylic acids is 1. The highest BCUT2D eigenvalue weighted by atomic mass is 127. The zero-order chi connectivity index (χ0) is 16.4. The Morgan fingerprint density at radius 3 is 2.74 bits per heavy atom. The lowest BCUT2D eigenvalue weighted by atomic mass is 10.1. The average Bonchev–Trinajstić information content (AvgIpc) is 2.86. The van der Waals surface area contributed by atoms with E-state index in [-0.39, 0.29) is 5.78 Å². The fourth-order valence-corrected chi connectivity index (χ4v) is 4.23. The zero-order valence-corrected chi connectivity index (χ0v) is 15.7. The van der Waals surface area contributed by atoms with Crippen molar-refractivity contribution in [2.24, 2.45) is 0 Å². The number of hydrogen-bond donors (Lipinski definition) is 0. The molecule has 0 aliphatic carbocycles. The van der Waals surface area contributed by atoms with Gasteiger partial charge in [-0.1, -0.05) is 23.9 Å². The predicted octanol–water partition coefficient (Wildman–Crippen LogP) is 5.03. The van der Waals surface area contributed by atoms with Gasteiger partial charge in [0.05, 0.1) is 22.2 Å². The molecule has 0 fully saturated rings. The van der Waals surface area contributed by atoms with Gasteiger partial charge in [-0.05, 0) is 65.4 Å². The summed E-state index contributed by atoms with van der Waals surface area (Å²) in [5.74, 6) is 1.50. The van der Waals surface area contributed by atoms with Crippen LogP contribution >= 0.6 is 34.4 Å². The van der Waals surface area contributed by atoms with Gasteiger partial charge in [0.25, 0.3) is 0 Å². The van der Waals surface area contributed by atoms with Crippen LogP contribution < -0.4 is 9.47 Å². The van der Waals surface area contributed by atoms with E-state index in [4.69, 9.17) is 9.47 Å². The van der Waals surface area contributed by atoms with Crippen LogP contribution in [0.3, 0.4) is 0 Å². The monoisotopic (exact) mass is 438 g/mol. The van der Waals surface area contributed by atoms with Gasteiger partial charge in [0.2, 0.25) is 5.78 Å². The number of benzene rings is 2. The molecule has 0 spiro atoms. The van der Waals surface area contributed by atoms with Crippen LogP contribution in [0.2, 0.25) is 0 Å². The third-order valence-corrected chi connectivity index (χ3v) is 5.31. The van der Waals surface area contributed by atoms with E-state index >= 15 is 0 Å². The van der Waals surface area contributed by atoms with Crippen molar-refractivity contribution in [1.29, 1.82) is 0 Å². The number of thioether (sulfide) groups is 1. The first-order chi connectivity index (χ1) is 11.1. The topological polar surface area (TPSA) is 35.5 Å². The lowest BCUT2D eigenvalue weighted by molar-refractivity contribution is 0.104. The highest BCUT2D eigenvalue weighted by molar-refractivity contribution is 14.1. The molecule has 1 aliphatic rings. The molecule has 0 amide bonds. The van der Waals surface area contributed by atoms with Crippen LogP contribution in [0.15, 0.2) is 46.2 Å². The summed E-state index contributed by atoms with van der Waals surface area (Å²) in [4.78, 5) is 14.2. The summed E-state index contributed by atoms with van der Waals surface area (Å²) in [7, 11) is 1.62. The van der Waals surface area contributed by atoms with E-state index < -0.39 is 0 Å². The smallest absolute Gasteiger partial charge is 0.200 e. The second-order valence-electron chi connectivity index (χ2n) is 4.90. The van der Waals surface area contributed by atoms with Crippen LogP contribution in [0.4, 0.5) is 0 Å². The van der Waals surface area contributed by atoms with Gasteiger partial charge >= 0.3 is 0 Å². The van der Waals surface area contributed by atoms with E-state index in [1.165, 1.54) is 11.8 Å². The summed E-state index contributed by atoms with van der Waals surface area (Å²) in [6.45, 7) is 2.52. The van der Waals surface area contributed by atoms with Gasteiger partial charge in [-0.15, -0.1) is 0 Å². The second-order valence-corrected chi connectivity index (χ2v) is 7.15. The molecule has 23 heavy (non-hydrogen) atoms. The molecule has 3 nitrogen and oxygen atoms in total. The van der Waals surface area contributed by atoms with Gasteiger partial charge in [0.15, 0.2) is 11.5 Å². The van der Waals surface area contributed by atoms with Gasteiger partial charge in [-0.2, -0.15) is 0 Å². The Morgan fingerprint density at radius 1 is 1.26 bits per heavy atom. The molecule has 0 saturated heterocycles. The largest absolute Gasteiger partial charge is 0.493 e. The highest BCUT2D eigenvalue weighted by Crippen LogP contribution is 2.41. The second kappa shape index (κ2) is 6.97. The normalized spacial score (nSPS) is 14.9. The van der Waals surface area contributed by atoms with Crippen molar-refractivity contribution < 1.29 is 14.3 Å². The minimum Gasteiger partial charge on any atom is -0.493 e. The number of allylic oxidation sites excluding steroid dienone is 1. The molecule has 0 radical (unpaired) electrons. The number of hydrogen-bond acceptors (Lipinski definition) is 4. The molecule has 3 rings (SSSR count). The first kappa shape index (κ1) is 16.4. The Morgan fingerprint density at radius 2 is 2.04 bits per heavy atom. The van der Waals surface area contributed by atoms with Crippen molar-refractivity contribution in [3.05, 3.63) is 56.0 Å². The number of methoxy groups -OCH3 is 1. The molecule has 1 heterocycles. The van der Waals surface area contributed by atoms with E-state index in [0.717, 1.165) is 30.2 Å². The Hall–Kier alpha value is -1.47. The summed E-state index contributed by atoms with van der Waals surface area (Å²) < 4.78 is 12.0. The van der Waals surface area contributed by atoms with Gasteiger partial charge in [-0.25, -0.2) is 0 Å². The van der Waals surface area contributed by atoms with Crippen molar-refractivity contribution in [3.63, 3.8) is 0 Å². The van der Waals surface area contributed by atoms with Crippen LogP contribution in [0.25, 0.3) is 6.08 Å². The van der Waals surface area contributed by atoms with E-state index in [0.29, 0.717) is 12.4 Å². The first-order valence-electron chi connectivity index (χ1n) is 7.17. The van der Waals surface area contributed by atoms with E-state index in [2.05, 4.69) is 22.6 Å². The zero-order valence-electron chi connectivity index (χ0n) is 12.8. The maximum absolute atomic E-state index is 12.5. The van der Waals surface area contributed by atoms with Crippen molar-refractivity contribution in [3.8, 4) is 11.5 Å². The summed E-state index contributed by atoms with van der Waals surface area (Å²) in [5, 5.41) is 0. The van der Waals surface area contributed by atoms with Crippen LogP contribution in [-0.4, -0.2) is 19.5 Å². The molecule has 5 heteroatoms. The third kappa shape index (κ3) is 3.26. The van der Waals surface area contributed by atoms with Gasteiger partial charge < -0.3 is 9.47 Å². The molecular weight excluding hydrogens is 423 g/mol. The van der Waals surface area contributed by atoms with Gasteiger partial charge in [0, 0.05) is 10.5 Å². The van der Waals surface area contributed by atoms with Crippen LogP contribution in [0.1, 0.15) is 22.8 Å². The average molecular weight is 438 g/mol. The predicted molar refractivity (Wildman–Crippen MR) is 101 cm³/mol. The maximum Gasteiger partial charge on any atom is 0.200 e. The summed E-state index contributed by atoms with van der Waals surface area (Å²) in [5.41, 5.74) is 1.70. The first-order valence-corrected chi connectivity index (χ1v) is 9.07. The van der Waals surface area contributed by atoms with Crippen molar-refractivity contribution in [1.82, 2.24) is 0 Å². The number of ketones is 1. The molecular formula is C18H15IO3S. The molecule has 0 unspecified atom stereocenters. The number of Topliss-reactive ketones (excluding diaryl/α,β-unsaturated/α-hetero) is 1. The summed E-state index contributed by atoms with van der Waals surface area (Å²) >= 11 is 3.73. The molecule has 118 valence electrons. The molecule has 0 aromatic heterocycles. The van der Waals surface area contributed by atoms with Crippen molar-refractivity contribution >= 4 is 46.2 Å². The number of halogens is 1. The Labute approximate surface area is 153 Å². The number of fused-ring (bicyclic) bond motifs is 1. The molecule has 0 saturated carbocycles. The minimum atomic E-state index is 0.0773. The fourth-order valence-electron chi connectivity index (χ4n) is 2.39. The molecule has 0 atom stereocenters. The van der Waals surface area contributed by atoms with E-state index in [1.54, 1.807) is 7.11 Å². The summed E-state index contributed by atoms with van der Waals surface area (Å²) in [6.07, 6.45) is 1.91. The quantitative estimate of drug-likeness (QED) is 0.496. The lowest BCUT2D eigenvalue weighted by Crippen LogP contribution is -1.99. The van der Waals surface area contributed by atoms with E-state index in [9.17, 15) is 4.79 Å². The van der Waals surface area contributed by atoms with Gasteiger partial charge in [0.1, 0.15) is 0 Å². The van der Waals surface area contributed by atoms with Gasteiger partial charge in [-0.3, -0.25) is 4.79 Å². The van der Waals surface area contributed by atoms with Crippen LogP contribution in [0.5, 0.6) is 11.5 Å². The SMILES string of the molecule is CCOc1c(I)cc(/C=C2/Sc3ccccc3C2=O)cc1OC. The molecule has 0 N–H and O–H groups in total. The molecule has 1 aliphatic heterocycles. The molecule has 2 aromatic carbocycles. The summed E-state index contributed by atoms with van der Waals surface area (Å²) in [6, 6.07) is 11.6. The van der Waals surface area contributed by atoms with E-state index in [1.807, 2.05) is 49.4 Å².